The van der Waals surface area contributed by atoms with Gasteiger partial charge in [0.05, 0.1) is 6.10 Å². The van der Waals surface area contributed by atoms with Crippen molar-refractivity contribution in [3.63, 3.8) is 0 Å². The Hall–Kier alpha value is -1.02. The van der Waals surface area contributed by atoms with E-state index in [9.17, 15) is 0 Å². The Morgan fingerprint density at radius 1 is 1.50 bits per heavy atom. The molecule has 66 valence electrons. The first-order chi connectivity index (χ1) is 5.77. The van der Waals surface area contributed by atoms with Crippen molar-refractivity contribution in [3.05, 3.63) is 29.8 Å². The number of hydrogen-bond donors (Lipinski definition) is 1. The van der Waals surface area contributed by atoms with E-state index in [2.05, 4.69) is 6.92 Å². The van der Waals surface area contributed by atoms with Crippen LogP contribution in [-0.2, 0) is 4.74 Å². The van der Waals surface area contributed by atoms with E-state index >= 15 is 0 Å². The fourth-order valence-electron chi connectivity index (χ4n) is 1.30. The molecule has 1 aromatic rings. The minimum atomic E-state index is 0.175. The Morgan fingerprint density at radius 3 is 2.75 bits per heavy atom. The molecule has 2 heteroatoms. The van der Waals surface area contributed by atoms with Gasteiger partial charge in [-0.15, -0.1) is 0 Å². The number of nitrogens with two attached hydrogens (primary N) is 1. The van der Waals surface area contributed by atoms with Crippen LogP contribution in [0.3, 0.4) is 0 Å². The molecule has 0 fully saturated rings. The fraction of sp³-hybridized carbons (Fsp3) is 0.400. The highest BCUT2D eigenvalue weighted by Crippen LogP contribution is 2.21. The average Bonchev–Trinajstić information content (AvgIpc) is 2.07. The van der Waals surface area contributed by atoms with Crippen LogP contribution in [0.4, 0.5) is 5.69 Å². The molecule has 1 aromatic carbocycles. The van der Waals surface area contributed by atoms with Gasteiger partial charge >= 0.3 is 0 Å². The largest absolute Gasteiger partial charge is 0.399 e. The van der Waals surface area contributed by atoms with Crippen LogP contribution in [0.1, 0.15) is 25.0 Å². The van der Waals surface area contributed by atoms with Gasteiger partial charge in [0.1, 0.15) is 0 Å². The highest BCUT2D eigenvalue weighted by molar-refractivity contribution is 5.41. The summed E-state index contributed by atoms with van der Waals surface area (Å²) in [5, 5.41) is 0. The number of hydrogen-bond acceptors (Lipinski definition) is 2. The van der Waals surface area contributed by atoms with E-state index in [1.807, 2.05) is 24.3 Å². The number of benzene rings is 1. The lowest BCUT2D eigenvalue weighted by Gasteiger charge is -2.13. The van der Waals surface area contributed by atoms with Gasteiger partial charge in [-0.2, -0.15) is 0 Å². The average molecular weight is 165 g/mol. The number of nitrogen functional groups attached to an aromatic ring is 1. The van der Waals surface area contributed by atoms with Gasteiger partial charge in [-0.1, -0.05) is 19.1 Å². The Balaban J connectivity index is 2.85. The smallest absolute Gasteiger partial charge is 0.0819 e. The third-order valence-corrected chi connectivity index (χ3v) is 1.94. The second-order valence-electron chi connectivity index (χ2n) is 2.80. The standard InChI is InChI=1S/C10H15NO/c1-3-10(12-2)8-5-4-6-9(11)7-8/h4-7,10H,3,11H2,1-2H3. The number of anilines is 1. The van der Waals surface area contributed by atoms with E-state index in [-0.39, 0.29) is 6.10 Å². The van der Waals surface area contributed by atoms with Crippen molar-refractivity contribution in [2.75, 3.05) is 12.8 Å². The Morgan fingerprint density at radius 2 is 2.25 bits per heavy atom. The van der Waals surface area contributed by atoms with E-state index < -0.39 is 0 Å². The van der Waals surface area contributed by atoms with Crippen LogP contribution < -0.4 is 5.73 Å². The summed E-state index contributed by atoms with van der Waals surface area (Å²) in [6, 6.07) is 7.82. The van der Waals surface area contributed by atoms with Crippen molar-refractivity contribution < 1.29 is 4.74 Å². The maximum Gasteiger partial charge on any atom is 0.0819 e. The van der Waals surface area contributed by atoms with E-state index in [1.165, 1.54) is 0 Å². The summed E-state index contributed by atoms with van der Waals surface area (Å²) in [6.07, 6.45) is 1.15. The highest BCUT2D eigenvalue weighted by atomic mass is 16.5. The molecule has 0 aliphatic heterocycles. The quantitative estimate of drug-likeness (QED) is 0.698. The first-order valence-electron chi connectivity index (χ1n) is 4.16. The Kier molecular flexibility index (Phi) is 3.11. The topological polar surface area (TPSA) is 35.2 Å². The molecule has 0 aliphatic rings. The van der Waals surface area contributed by atoms with Gasteiger partial charge in [0.15, 0.2) is 0 Å². The molecule has 1 atom stereocenters. The molecule has 1 rings (SSSR count). The van der Waals surface area contributed by atoms with Gasteiger partial charge in [0.25, 0.3) is 0 Å². The second-order valence-corrected chi connectivity index (χ2v) is 2.80. The molecular weight excluding hydrogens is 150 g/mol. The van der Waals surface area contributed by atoms with Crippen LogP contribution in [0, 0.1) is 0 Å². The van der Waals surface area contributed by atoms with Crippen LogP contribution in [0.2, 0.25) is 0 Å². The zero-order valence-electron chi connectivity index (χ0n) is 7.58. The summed E-state index contributed by atoms with van der Waals surface area (Å²) in [6.45, 7) is 2.09. The molecular formula is C10H15NO. The van der Waals surface area contributed by atoms with Gasteiger partial charge in [0.2, 0.25) is 0 Å². The number of rotatable bonds is 3. The van der Waals surface area contributed by atoms with Gasteiger partial charge in [0, 0.05) is 12.8 Å². The zero-order valence-corrected chi connectivity index (χ0v) is 7.58. The van der Waals surface area contributed by atoms with Crippen LogP contribution in [0.5, 0.6) is 0 Å². The molecule has 12 heavy (non-hydrogen) atoms. The highest BCUT2D eigenvalue weighted by Gasteiger charge is 2.06. The summed E-state index contributed by atoms with van der Waals surface area (Å²) in [7, 11) is 1.72. The molecule has 0 amide bonds. The van der Waals surface area contributed by atoms with Crippen LogP contribution in [0.25, 0.3) is 0 Å². The molecule has 0 aliphatic carbocycles. The summed E-state index contributed by atoms with van der Waals surface area (Å²) < 4.78 is 5.28. The van der Waals surface area contributed by atoms with Crippen LogP contribution >= 0.6 is 0 Å². The number of ether oxygens (including phenoxy) is 1. The van der Waals surface area contributed by atoms with E-state index in [0.29, 0.717) is 0 Å². The molecule has 1 unspecified atom stereocenters. The fourth-order valence-corrected chi connectivity index (χ4v) is 1.30. The maximum atomic E-state index is 5.65. The molecule has 2 nitrogen and oxygen atoms in total. The molecule has 0 bridgehead atoms. The molecule has 0 heterocycles. The maximum absolute atomic E-state index is 5.65. The third kappa shape index (κ3) is 1.98. The monoisotopic (exact) mass is 165 g/mol. The Bertz CT molecular complexity index is 243. The van der Waals surface area contributed by atoms with E-state index in [0.717, 1.165) is 17.7 Å². The summed E-state index contributed by atoms with van der Waals surface area (Å²) in [4.78, 5) is 0. The molecule has 0 aromatic heterocycles. The lowest BCUT2D eigenvalue weighted by molar-refractivity contribution is 0.100. The first kappa shape index (κ1) is 9.07. The molecule has 0 spiro atoms. The van der Waals surface area contributed by atoms with Crippen molar-refractivity contribution in [2.24, 2.45) is 0 Å². The third-order valence-electron chi connectivity index (χ3n) is 1.94. The molecule has 0 saturated heterocycles. The minimum Gasteiger partial charge on any atom is -0.399 e. The summed E-state index contributed by atoms with van der Waals surface area (Å²) in [5.74, 6) is 0. The Labute approximate surface area is 73.3 Å². The lowest BCUT2D eigenvalue weighted by Crippen LogP contribution is -2.00. The zero-order chi connectivity index (χ0) is 8.97. The molecule has 0 radical (unpaired) electrons. The van der Waals surface area contributed by atoms with E-state index in [4.69, 9.17) is 10.5 Å². The van der Waals surface area contributed by atoms with E-state index in [1.54, 1.807) is 7.11 Å². The van der Waals surface area contributed by atoms with Crippen LogP contribution in [-0.4, -0.2) is 7.11 Å². The van der Waals surface area contributed by atoms with Crippen molar-refractivity contribution in [1.29, 1.82) is 0 Å². The lowest BCUT2D eigenvalue weighted by atomic mass is 10.1. The van der Waals surface area contributed by atoms with Gasteiger partial charge in [-0.3, -0.25) is 0 Å². The van der Waals surface area contributed by atoms with Gasteiger partial charge in [-0.05, 0) is 24.1 Å². The van der Waals surface area contributed by atoms with Gasteiger partial charge < -0.3 is 10.5 Å². The second kappa shape index (κ2) is 4.12. The predicted molar refractivity (Wildman–Crippen MR) is 50.9 cm³/mol. The molecule has 0 saturated carbocycles. The van der Waals surface area contributed by atoms with Crippen molar-refractivity contribution in [2.45, 2.75) is 19.4 Å². The van der Waals surface area contributed by atoms with Crippen molar-refractivity contribution in [3.8, 4) is 0 Å². The van der Waals surface area contributed by atoms with Crippen LogP contribution in [0.15, 0.2) is 24.3 Å². The van der Waals surface area contributed by atoms with Crippen molar-refractivity contribution >= 4 is 5.69 Å². The summed E-state index contributed by atoms with van der Waals surface area (Å²) >= 11 is 0. The normalized spacial score (nSPS) is 12.8. The number of methoxy groups -OCH3 is 1. The van der Waals surface area contributed by atoms with Gasteiger partial charge in [-0.25, -0.2) is 0 Å². The minimum absolute atomic E-state index is 0.175. The summed E-state index contributed by atoms with van der Waals surface area (Å²) in [5.41, 5.74) is 7.60. The molecule has 2 N–H and O–H groups in total. The predicted octanol–water partition coefficient (Wildman–Crippen LogP) is 2.37. The first-order valence-corrected chi connectivity index (χ1v) is 4.16. The van der Waals surface area contributed by atoms with Crippen molar-refractivity contribution in [1.82, 2.24) is 0 Å². The SMILES string of the molecule is CCC(OC)c1cccc(N)c1.